The predicted octanol–water partition coefficient (Wildman–Crippen LogP) is 5.77. The zero-order valence-electron chi connectivity index (χ0n) is 47.9. The summed E-state index contributed by atoms with van der Waals surface area (Å²) in [5.41, 5.74) is 0. The molecule has 17 atom stereocenters. The van der Waals surface area contributed by atoms with Crippen molar-refractivity contribution >= 4 is 5.91 Å². The Morgan fingerprint density at radius 1 is 0.449 bits per heavy atom. The summed E-state index contributed by atoms with van der Waals surface area (Å²) in [7, 11) is 0. The summed E-state index contributed by atoms with van der Waals surface area (Å²) in [6, 6.07) is -0.965. The van der Waals surface area contributed by atoms with Crippen LogP contribution in [-0.4, -0.2) is 193 Å². The number of hydrogen-bond acceptors (Lipinski definition) is 18. The van der Waals surface area contributed by atoms with Crippen molar-refractivity contribution < 1.29 is 89.4 Å². The highest BCUT2D eigenvalue weighted by atomic mass is 16.8. The van der Waals surface area contributed by atoms with Gasteiger partial charge < -0.3 is 89.9 Å². The van der Waals surface area contributed by atoms with Gasteiger partial charge in [-0.3, -0.25) is 4.79 Å². The van der Waals surface area contributed by atoms with Crippen LogP contribution in [0.5, 0.6) is 0 Å². The molecule has 12 N–H and O–H groups in total. The zero-order valence-corrected chi connectivity index (χ0v) is 47.9. The van der Waals surface area contributed by atoms with Gasteiger partial charge in [0.1, 0.15) is 73.2 Å². The maximum absolute atomic E-state index is 13.2. The highest BCUT2D eigenvalue weighted by Crippen LogP contribution is 2.33. The molecular formula is C59H111NO18. The highest BCUT2D eigenvalue weighted by Gasteiger charge is 2.53. The average Bonchev–Trinajstić information content (AvgIpc) is 3.46. The fourth-order valence-corrected chi connectivity index (χ4v) is 10.7. The second-order valence-corrected chi connectivity index (χ2v) is 22.5. The lowest BCUT2D eigenvalue weighted by Crippen LogP contribution is -2.66. The molecule has 19 nitrogen and oxygen atoms in total. The molecule has 0 aromatic heterocycles. The molecule has 3 saturated heterocycles. The Hall–Kier alpha value is -1.47. The monoisotopic (exact) mass is 1120 g/mol. The van der Waals surface area contributed by atoms with Crippen LogP contribution in [0, 0.1) is 0 Å². The summed E-state index contributed by atoms with van der Waals surface area (Å²) in [5.74, 6) is -0.279. The van der Waals surface area contributed by atoms with Crippen molar-refractivity contribution in [3.63, 3.8) is 0 Å². The third-order valence-electron chi connectivity index (χ3n) is 15.8. The number of aliphatic hydroxyl groups is 11. The van der Waals surface area contributed by atoms with E-state index in [9.17, 15) is 61.0 Å². The second-order valence-electron chi connectivity index (χ2n) is 22.5. The van der Waals surface area contributed by atoms with Crippen LogP contribution in [0.2, 0.25) is 0 Å². The van der Waals surface area contributed by atoms with E-state index in [0.717, 1.165) is 44.9 Å². The summed E-state index contributed by atoms with van der Waals surface area (Å²) >= 11 is 0. The lowest BCUT2D eigenvalue weighted by molar-refractivity contribution is -0.379. The molecule has 78 heavy (non-hydrogen) atoms. The van der Waals surface area contributed by atoms with Crippen LogP contribution in [-0.2, 0) is 33.2 Å². The summed E-state index contributed by atoms with van der Waals surface area (Å²) < 4.78 is 34.2. The number of carbonyl (C=O) groups is 1. The van der Waals surface area contributed by atoms with Gasteiger partial charge in [-0.1, -0.05) is 212 Å². The first-order valence-corrected chi connectivity index (χ1v) is 30.9. The van der Waals surface area contributed by atoms with Crippen LogP contribution < -0.4 is 5.32 Å². The van der Waals surface area contributed by atoms with Gasteiger partial charge in [0.2, 0.25) is 5.91 Å². The standard InChI is InChI=1S/C59H111NO18/c1-3-5-7-9-11-13-14-15-16-17-18-19-20-21-22-23-24-25-26-27-28-29-30-32-34-36-43(64)42(60-47(65)37-35-33-31-12-10-8-6-4-2)41-73-57-53(71)50(68)55(45(39-62)75-57)78-59-54(72)51(69)56(46(40-63)76-59)77-58-52(70)49(67)48(66)44(38-61)74-58/h34,36,42-46,48-59,61-64,66-72H,3-33,35,37-41H2,1-2H3,(H,60,65)/b36-34+. The van der Waals surface area contributed by atoms with Gasteiger partial charge in [0, 0.05) is 6.42 Å². The fourth-order valence-electron chi connectivity index (χ4n) is 10.7. The molecule has 0 aromatic carbocycles. The molecule has 3 aliphatic heterocycles. The van der Waals surface area contributed by atoms with E-state index >= 15 is 0 Å². The fraction of sp³-hybridized carbons (Fsp3) is 0.949. The topological polar surface area (TPSA) is 307 Å². The minimum atomic E-state index is -1.97. The SMILES string of the molecule is CCCCCCCCCCCCCCCCCCCCCCCCC/C=C/C(O)C(COC1OC(CO)C(OC2OC(CO)C(OC3OC(CO)C(O)C(O)C3O)C(O)C2O)C(O)C1O)NC(=O)CCCCCCCCCC. The molecule has 460 valence electrons. The molecule has 1 amide bonds. The van der Waals surface area contributed by atoms with Crippen molar-refractivity contribution in [2.24, 2.45) is 0 Å². The summed E-state index contributed by atoms with van der Waals surface area (Å²) in [4.78, 5) is 13.2. The number of carbonyl (C=O) groups excluding carboxylic acids is 1. The van der Waals surface area contributed by atoms with E-state index < -0.39 is 124 Å². The molecule has 0 radical (unpaired) electrons. The zero-order chi connectivity index (χ0) is 56.9. The number of unbranched alkanes of at least 4 members (excludes halogenated alkanes) is 30. The van der Waals surface area contributed by atoms with Crippen LogP contribution in [0.15, 0.2) is 12.2 Å². The molecular weight excluding hydrogens is 1010 g/mol. The van der Waals surface area contributed by atoms with E-state index in [-0.39, 0.29) is 18.9 Å². The maximum Gasteiger partial charge on any atom is 0.220 e. The molecule has 0 spiro atoms. The Labute approximate surface area is 467 Å². The van der Waals surface area contributed by atoms with E-state index in [2.05, 4.69) is 19.2 Å². The number of aliphatic hydroxyl groups excluding tert-OH is 11. The first-order chi connectivity index (χ1) is 37.8. The third-order valence-corrected chi connectivity index (χ3v) is 15.8. The van der Waals surface area contributed by atoms with Crippen molar-refractivity contribution in [3.8, 4) is 0 Å². The van der Waals surface area contributed by atoms with Crippen molar-refractivity contribution in [2.75, 3.05) is 26.4 Å². The van der Waals surface area contributed by atoms with Crippen LogP contribution in [0.25, 0.3) is 0 Å². The Balaban J connectivity index is 1.43. The van der Waals surface area contributed by atoms with E-state index in [1.807, 2.05) is 6.08 Å². The molecule has 0 aliphatic carbocycles. The predicted molar refractivity (Wildman–Crippen MR) is 296 cm³/mol. The second kappa shape index (κ2) is 43.2. The smallest absolute Gasteiger partial charge is 0.220 e. The normalized spacial score (nSPS) is 30.5. The van der Waals surface area contributed by atoms with Gasteiger partial charge in [-0.05, 0) is 19.3 Å². The third kappa shape index (κ3) is 26.8. The molecule has 3 aliphatic rings. The Morgan fingerprint density at radius 2 is 0.795 bits per heavy atom. The lowest BCUT2D eigenvalue weighted by atomic mass is 9.96. The van der Waals surface area contributed by atoms with E-state index in [1.165, 1.54) is 154 Å². The Morgan fingerprint density at radius 3 is 1.21 bits per heavy atom. The molecule has 3 fully saturated rings. The summed E-state index contributed by atoms with van der Waals surface area (Å²) in [5, 5.41) is 120. The van der Waals surface area contributed by atoms with Crippen LogP contribution in [0.4, 0.5) is 0 Å². The minimum absolute atomic E-state index is 0.246. The highest BCUT2D eigenvalue weighted by molar-refractivity contribution is 5.76. The molecule has 3 rings (SSSR count). The average molecular weight is 1120 g/mol. The van der Waals surface area contributed by atoms with Gasteiger partial charge in [0.15, 0.2) is 18.9 Å². The van der Waals surface area contributed by atoms with Crippen molar-refractivity contribution in [1.82, 2.24) is 5.32 Å². The van der Waals surface area contributed by atoms with E-state index in [0.29, 0.717) is 6.42 Å². The van der Waals surface area contributed by atoms with Crippen molar-refractivity contribution in [3.05, 3.63) is 12.2 Å². The van der Waals surface area contributed by atoms with Gasteiger partial charge in [0.25, 0.3) is 0 Å². The number of rotatable bonds is 46. The van der Waals surface area contributed by atoms with Crippen molar-refractivity contribution in [1.29, 1.82) is 0 Å². The summed E-state index contributed by atoms with van der Waals surface area (Å²) in [6.07, 6.45) is 16.6. The number of nitrogens with one attached hydrogen (secondary N) is 1. The number of amides is 1. The molecule has 0 saturated carbocycles. The first kappa shape index (κ1) is 70.8. The Kier molecular flexibility index (Phi) is 39.2. The minimum Gasteiger partial charge on any atom is -0.394 e. The first-order valence-electron chi connectivity index (χ1n) is 30.9. The van der Waals surface area contributed by atoms with Gasteiger partial charge in [-0.2, -0.15) is 0 Å². The van der Waals surface area contributed by atoms with Gasteiger partial charge in [-0.15, -0.1) is 0 Å². The largest absolute Gasteiger partial charge is 0.394 e. The number of ether oxygens (including phenoxy) is 6. The summed E-state index contributed by atoms with van der Waals surface area (Å²) in [6.45, 7) is 1.69. The van der Waals surface area contributed by atoms with Crippen LogP contribution >= 0.6 is 0 Å². The quantitative estimate of drug-likeness (QED) is 0.0254. The van der Waals surface area contributed by atoms with Gasteiger partial charge >= 0.3 is 0 Å². The van der Waals surface area contributed by atoms with E-state index in [1.54, 1.807) is 6.08 Å². The molecule has 0 bridgehead atoms. The molecule has 19 heteroatoms. The Bertz CT molecular complexity index is 1480. The number of hydrogen-bond donors (Lipinski definition) is 12. The van der Waals surface area contributed by atoms with Gasteiger partial charge in [-0.25, -0.2) is 0 Å². The molecule has 3 heterocycles. The molecule has 0 aromatic rings. The van der Waals surface area contributed by atoms with Crippen LogP contribution in [0.1, 0.15) is 226 Å². The van der Waals surface area contributed by atoms with Crippen molar-refractivity contribution in [2.45, 2.75) is 330 Å². The lowest BCUT2D eigenvalue weighted by Gasteiger charge is -2.48. The van der Waals surface area contributed by atoms with Gasteiger partial charge in [0.05, 0.1) is 38.6 Å². The maximum atomic E-state index is 13.2. The molecule has 17 unspecified atom stereocenters. The van der Waals surface area contributed by atoms with Crippen LogP contribution in [0.3, 0.4) is 0 Å². The number of allylic oxidation sites excluding steroid dienone is 1. The van der Waals surface area contributed by atoms with E-state index in [4.69, 9.17) is 28.4 Å².